The molecule has 0 heterocycles. The number of hydrogen-bond donors (Lipinski definition) is 0. The molecule has 0 aromatic carbocycles. The van der Waals surface area contributed by atoms with Crippen LogP contribution in [-0.4, -0.2) is 20.4 Å². The highest BCUT2D eigenvalue weighted by atomic mass is 35.5. The molecule has 0 rings (SSSR count). The molecule has 0 radical (unpaired) electrons. The number of hydrogen-bond acceptors (Lipinski definition) is 1. The lowest BCUT2D eigenvalue weighted by molar-refractivity contribution is 0.329. The average molecular weight is 167 g/mol. The Morgan fingerprint density at radius 3 is 2.11 bits per heavy atom. The van der Waals surface area contributed by atoms with Gasteiger partial charge in [-0.2, -0.15) is 0 Å². The van der Waals surface area contributed by atoms with Crippen molar-refractivity contribution >= 4 is 19.9 Å². The molecule has 0 aliphatic rings. The Morgan fingerprint density at radius 1 is 1.44 bits per heavy atom. The molecule has 0 saturated carbocycles. The van der Waals surface area contributed by atoms with Gasteiger partial charge < -0.3 is 4.43 Å². The summed E-state index contributed by atoms with van der Waals surface area (Å²) in [4.78, 5) is 0. The third-order valence-corrected chi connectivity index (χ3v) is 6.27. The fraction of sp³-hybridized carbons (Fsp3) is 1.00. The highest BCUT2D eigenvalue weighted by Crippen LogP contribution is 2.11. The lowest BCUT2D eigenvalue weighted by Gasteiger charge is -2.21. The molecule has 0 aromatic heterocycles. The summed E-state index contributed by atoms with van der Waals surface area (Å²) < 4.78 is 5.53. The highest BCUT2D eigenvalue weighted by Gasteiger charge is 2.24. The first-order valence-corrected chi connectivity index (χ1v) is 6.74. The topological polar surface area (TPSA) is 9.23 Å². The zero-order valence-corrected chi connectivity index (χ0v) is 8.16. The molecular formula is C6H15ClOSi. The minimum atomic E-state index is -1.43. The Labute approximate surface area is 63.5 Å². The summed E-state index contributed by atoms with van der Waals surface area (Å²) in [6.45, 7) is 7.14. The monoisotopic (exact) mass is 166 g/mol. The standard InChI is InChI=1S/C6H15ClOSi/c1-4-8-9(3,5-2)6-7/h4-6H2,1-3H3. The van der Waals surface area contributed by atoms with Crippen LogP contribution in [0.4, 0.5) is 0 Å². The van der Waals surface area contributed by atoms with Gasteiger partial charge in [-0.05, 0) is 19.5 Å². The maximum Gasteiger partial charge on any atom is 0.203 e. The van der Waals surface area contributed by atoms with Crippen molar-refractivity contribution in [3.63, 3.8) is 0 Å². The number of halogens is 1. The Kier molecular flexibility index (Phi) is 4.53. The van der Waals surface area contributed by atoms with E-state index >= 15 is 0 Å². The van der Waals surface area contributed by atoms with E-state index in [1.165, 1.54) is 0 Å². The Bertz CT molecular complexity index is 73.5. The summed E-state index contributed by atoms with van der Waals surface area (Å²) >= 11 is 5.72. The summed E-state index contributed by atoms with van der Waals surface area (Å²) in [5, 5.41) is 0. The average Bonchev–Trinajstić information content (AvgIpc) is 1.89. The third-order valence-electron chi connectivity index (χ3n) is 1.52. The van der Waals surface area contributed by atoms with Crippen LogP contribution in [0.5, 0.6) is 0 Å². The molecule has 0 bridgehead atoms. The van der Waals surface area contributed by atoms with Crippen LogP contribution in [-0.2, 0) is 4.43 Å². The van der Waals surface area contributed by atoms with Crippen LogP contribution in [0.1, 0.15) is 13.8 Å². The fourth-order valence-electron chi connectivity index (χ4n) is 0.584. The second-order valence-electron chi connectivity index (χ2n) is 2.37. The normalized spacial score (nSPS) is 17.3. The van der Waals surface area contributed by atoms with Crippen LogP contribution < -0.4 is 0 Å². The van der Waals surface area contributed by atoms with Gasteiger partial charge in [0.1, 0.15) is 0 Å². The van der Waals surface area contributed by atoms with E-state index in [9.17, 15) is 0 Å². The predicted molar refractivity (Wildman–Crippen MR) is 44.4 cm³/mol. The highest BCUT2D eigenvalue weighted by molar-refractivity contribution is 6.78. The smallest absolute Gasteiger partial charge is 0.203 e. The maximum atomic E-state index is 5.72. The zero-order valence-electron chi connectivity index (χ0n) is 6.41. The first kappa shape index (κ1) is 9.47. The predicted octanol–water partition coefficient (Wildman–Crippen LogP) is 2.40. The first-order chi connectivity index (χ1) is 4.18. The van der Waals surface area contributed by atoms with E-state index in [1.54, 1.807) is 0 Å². The van der Waals surface area contributed by atoms with Gasteiger partial charge in [-0.15, -0.1) is 11.6 Å². The Hall–Kier alpha value is 0.467. The molecular weight excluding hydrogens is 152 g/mol. The van der Waals surface area contributed by atoms with Gasteiger partial charge in [0.15, 0.2) is 0 Å². The van der Waals surface area contributed by atoms with Gasteiger partial charge in [-0.3, -0.25) is 0 Å². The molecule has 9 heavy (non-hydrogen) atoms. The quantitative estimate of drug-likeness (QED) is 0.461. The van der Waals surface area contributed by atoms with Gasteiger partial charge in [0.25, 0.3) is 0 Å². The summed E-state index contributed by atoms with van der Waals surface area (Å²) in [5.41, 5.74) is 0.720. The zero-order chi connectivity index (χ0) is 7.33. The molecule has 0 aromatic rings. The van der Waals surface area contributed by atoms with Crippen LogP contribution in [0.3, 0.4) is 0 Å². The molecule has 0 aliphatic heterocycles. The first-order valence-electron chi connectivity index (χ1n) is 3.38. The largest absolute Gasteiger partial charge is 0.416 e. The molecule has 1 unspecified atom stereocenters. The molecule has 1 nitrogen and oxygen atoms in total. The van der Waals surface area contributed by atoms with Crippen molar-refractivity contribution < 1.29 is 4.43 Å². The molecule has 0 fully saturated rings. The molecule has 0 N–H and O–H groups in total. The fourth-order valence-corrected chi connectivity index (χ4v) is 2.55. The minimum absolute atomic E-state index is 0.720. The van der Waals surface area contributed by atoms with E-state index in [2.05, 4.69) is 13.5 Å². The molecule has 3 heteroatoms. The van der Waals surface area contributed by atoms with Crippen molar-refractivity contribution in [3.8, 4) is 0 Å². The van der Waals surface area contributed by atoms with E-state index in [4.69, 9.17) is 16.0 Å². The van der Waals surface area contributed by atoms with Gasteiger partial charge >= 0.3 is 0 Å². The van der Waals surface area contributed by atoms with Crippen LogP contribution in [0.2, 0.25) is 12.6 Å². The summed E-state index contributed by atoms with van der Waals surface area (Å²) in [7, 11) is -1.43. The lowest BCUT2D eigenvalue weighted by atomic mass is 10.9. The Morgan fingerprint density at radius 2 is 2.00 bits per heavy atom. The van der Waals surface area contributed by atoms with E-state index in [0.717, 1.165) is 18.2 Å². The number of rotatable bonds is 4. The van der Waals surface area contributed by atoms with Crippen LogP contribution in [0, 0.1) is 0 Å². The van der Waals surface area contributed by atoms with Gasteiger partial charge in [0.2, 0.25) is 8.32 Å². The molecule has 56 valence electrons. The van der Waals surface area contributed by atoms with Crippen molar-refractivity contribution in [3.05, 3.63) is 0 Å². The van der Waals surface area contributed by atoms with E-state index in [0.29, 0.717) is 0 Å². The van der Waals surface area contributed by atoms with Crippen LogP contribution in [0.15, 0.2) is 0 Å². The molecule has 0 amide bonds. The van der Waals surface area contributed by atoms with Crippen molar-refractivity contribution in [2.24, 2.45) is 0 Å². The van der Waals surface area contributed by atoms with Crippen molar-refractivity contribution in [2.75, 3.05) is 12.1 Å². The molecule has 1 atom stereocenters. The van der Waals surface area contributed by atoms with Crippen LogP contribution in [0.25, 0.3) is 0 Å². The SMILES string of the molecule is CCO[Si](C)(CC)CCl. The molecule has 0 aliphatic carbocycles. The molecule has 0 spiro atoms. The van der Waals surface area contributed by atoms with E-state index in [1.807, 2.05) is 6.92 Å². The molecule has 0 saturated heterocycles. The lowest BCUT2D eigenvalue weighted by Crippen LogP contribution is -2.36. The summed E-state index contributed by atoms with van der Waals surface area (Å²) in [5.74, 6) is 0. The van der Waals surface area contributed by atoms with Gasteiger partial charge in [0.05, 0.1) is 0 Å². The summed E-state index contributed by atoms with van der Waals surface area (Å²) in [6.07, 6.45) is 0. The minimum Gasteiger partial charge on any atom is -0.416 e. The van der Waals surface area contributed by atoms with Crippen LogP contribution >= 0.6 is 11.6 Å². The second-order valence-corrected chi connectivity index (χ2v) is 7.33. The van der Waals surface area contributed by atoms with Gasteiger partial charge in [-0.1, -0.05) is 6.92 Å². The van der Waals surface area contributed by atoms with Gasteiger partial charge in [-0.25, -0.2) is 0 Å². The maximum absolute atomic E-state index is 5.72. The van der Waals surface area contributed by atoms with Gasteiger partial charge in [0, 0.05) is 12.1 Å². The Balaban J connectivity index is 3.62. The van der Waals surface area contributed by atoms with Crippen molar-refractivity contribution in [2.45, 2.75) is 26.4 Å². The second kappa shape index (κ2) is 4.31. The summed E-state index contributed by atoms with van der Waals surface area (Å²) in [6, 6.07) is 1.12. The van der Waals surface area contributed by atoms with Crippen molar-refractivity contribution in [1.29, 1.82) is 0 Å². The third kappa shape index (κ3) is 3.23. The van der Waals surface area contributed by atoms with Crippen molar-refractivity contribution in [1.82, 2.24) is 0 Å². The number of alkyl halides is 1. The van der Waals surface area contributed by atoms with E-state index in [-0.39, 0.29) is 0 Å². The van der Waals surface area contributed by atoms with E-state index < -0.39 is 8.32 Å².